The number of aliphatic carboxylic acids is 1. The maximum atomic E-state index is 10.9. The second-order valence-corrected chi connectivity index (χ2v) is 5.68. The lowest BCUT2D eigenvalue weighted by atomic mass is 9.88. The second-order valence-electron chi connectivity index (χ2n) is 4.62. The topological polar surface area (TPSA) is 63.1 Å². The van der Waals surface area contributed by atoms with Crippen molar-refractivity contribution in [2.24, 2.45) is 5.41 Å². The van der Waals surface area contributed by atoms with Gasteiger partial charge in [0.05, 0.1) is 5.41 Å². The monoisotopic (exact) mass is 254 g/mol. The van der Waals surface area contributed by atoms with E-state index in [9.17, 15) is 4.79 Å². The van der Waals surface area contributed by atoms with Gasteiger partial charge in [-0.3, -0.25) is 4.79 Å². The Morgan fingerprint density at radius 2 is 2.24 bits per heavy atom. The number of aromatic nitrogens is 2. The molecule has 0 aliphatic heterocycles. The minimum absolute atomic E-state index is 0.645. The highest BCUT2D eigenvalue weighted by Crippen LogP contribution is 2.24. The standard InChI is InChI=1S/C12H18N2O2S/c1-9-5-7-13-11(14-9)17-8-4-6-12(2,3)10(15)16/h5,7H,4,6,8H2,1-3H3,(H,15,16). The maximum absolute atomic E-state index is 10.9. The Morgan fingerprint density at radius 3 is 2.82 bits per heavy atom. The Labute approximate surface area is 106 Å². The van der Waals surface area contributed by atoms with Crippen molar-refractivity contribution in [3.63, 3.8) is 0 Å². The van der Waals surface area contributed by atoms with Gasteiger partial charge >= 0.3 is 5.97 Å². The molecule has 0 bridgehead atoms. The molecule has 1 heterocycles. The zero-order valence-electron chi connectivity index (χ0n) is 10.4. The third kappa shape index (κ3) is 4.73. The lowest BCUT2D eigenvalue weighted by Crippen LogP contribution is -2.23. The van der Waals surface area contributed by atoms with E-state index in [0.717, 1.165) is 23.0 Å². The second kappa shape index (κ2) is 6.00. The normalized spacial score (nSPS) is 11.5. The van der Waals surface area contributed by atoms with Crippen LogP contribution in [0, 0.1) is 12.3 Å². The van der Waals surface area contributed by atoms with E-state index < -0.39 is 11.4 Å². The number of thioether (sulfide) groups is 1. The minimum Gasteiger partial charge on any atom is -0.481 e. The van der Waals surface area contributed by atoms with Crippen LogP contribution in [0.15, 0.2) is 17.4 Å². The largest absolute Gasteiger partial charge is 0.481 e. The minimum atomic E-state index is -0.741. The van der Waals surface area contributed by atoms with Crippen LogP contribution in [0.25, 0.3) is 0 Å². The molecule has 0 saturated heterocycles. The third-order valence-electron chi connectivity index (χ3n) is 2.53. The molecule has 94 valence electrons. The van der Waals surface area contributed by atoms with Gasteiger partial charge in [-0.25, -0.2) is 9.97 Å². The highest BCUT2D eigenvalue weighted by molar-refractivity contribution is 7.99. The van der Waals surface area contributed by atoms with Crippen molar-refractivity contribution in [1.29, 1.82) is 0 Å². The summed E-state index contributed by atoms with van der Waals surface area (Å²) in [6.07, 6.45) is 3.26. The molecule has 0 aromatic carbocycles. The fraction of sp³-hybridized carbons (Fsp3) is 0.583. The molecule has 1 aromatic heterocycles. The average Bonchev–Trinajstić information content (AvgIpc) is 2.24. The fourth-order valence-corrected chi connectivity index (χ4v) is 2.10. The van der Waals surface area contributed by atoms with Gasteiger partial charge in [-0.05, 0) is 39.7 Å². The van der Waals surface area contributed by atoms with Gasteiger partial charge in [0, 0.05) is 17.6 Å². The van der Waals surface area contributed by atoms with Crippen LogP contribution in [-0.4, -0.2) is 26.8 Å². The number of hydrogen-bond acceptors (Lipinski definition) is 4. The van der Waals surface area contributed by atoms with Crippen LogP contribution >= 0.6 is 11.8 Å². The summed E-state index contributed by atoms with van der Waals surface area (Å²) in [5, 5.41) is 9.72. The van der Waals surface area contributed by atoms with Crippen LogP contribution < -0.4 is 0 Å². The number of hydrogen-bond donors (Lipinski definition) is 1. The summed E-state index contributed by atoms with van der Waals surface area (Å²) >= 11 is 1.57. The summed E-state index contributed by atoms with van der Waals surface area (Å²) < 4.78 is 0. The van der Waals surface area contributed by atoms with Crippen LogP contribution in [0.3, 0.4) is 0 Å². The molecule has 1 rings (SSSR count). The van der Waals surface area contributed by atoms with Gasteiger partial charge in [0.1, 0.15) is 0 Å². The molecule has 0 aliphatic rings. The average molecular weight is 254 g/mol. The van der Waals surface area contributed by atoms with Gasteiger partial charge in [0.2, 0.25) is 0 Å². The molecule has 1 N–H and O–H groups in total. The first-order chi connectivity index (χ1) is 7.92. The van der Waals surface area contributed by atoms with Gasteiger partial charge in [0.15, 0.2) is 5.16 Å². The van der Waals surface area contributed by atoms with E-state index in [1.807, 2.05) is 13.0 Å². The zero-order chi connectivity index (χ0) is 12.9. The van der Waals surface area contributed by atoms with Crippen molar-refractivity contribution in [1.82, 2.24) is 9.97 Å². The first-order valence-electron chi connectivity index (χ1n) is 5.58. The molecule has 5 heteroatoms. The van der Waals surface area contributed by atoms with Crippen molar-refractivity contribution in [2.45, 2.75) is 38.8 Å². The summed E-state index contributed by atoms with van der Waals surface area (Å²) in [5.74, 6) is 0.106. The van der Waals surface area contributed by atoms with E-state index in [-0.39, 0.29) is 0 Å². The third-order valence-corrected chi connectivity index (χ3v) is 3.48. The van der Waals surface area contributed by atoms with E-state index in [1.54, 1.807) is 31.8 Å². The number of rotatable bonds is 6. The van der Waals surface area contributed by atoms with E-state index in [4.69, 9.17) is 5.11 Å². The van der Waals surface area contributed by atoms with Gasteiger partial charge in [-0.1, -0.05) is 11.8 Å². The summed E-state index contributed by atoms with van der Waals surface area (Å²) in [7, 11) is 0. The number of nitrogens with zero attached hydrogens (tertiary/aromatic N) is 2. The van der Waals surface area contributed by atoms with Gasteiger partial charge in [-0.15, -0.1) is 0 Å². The van der Waals surface area contributed by atoms with Crippen LogP contribution in [0.2, 0.25) is 0 Å². The smallest absolute Gasteiger partial charge is 0.309 e. The number of carboxylic acids is 1. The summed E-state index contributed by atoms with van der Waals surface area (Å²) in [4.78, 5) is 19.3. The predicted octanol–water partition coefficient (Wildman–Crippen LogP) is 2.77. The van der Waals surface area contributed by atoms with Gasteiger partial charge < -0.3 is 5.11 Å². The van der Waals surface area contributed by atoms with Crippen molar-refractivity contribution in [2.75, 3.05) is 5.75 Å². The van der Waals surface area contributed by atoms with Crippen LogP contribution in [-0.2, 0) is 4.79 Å². The molecule has 0 atom stereocenters. The molecule has 0 fully saturated rings. The molecule has 1 aromatic rings. The Balaban J connectivity index is 2.32. The van der Waals surface area contributed by atoms with Crippen molar-refractivity contribution >= 4 is 17.7 Å². The van der Waals surface area contributed by atoms with E-state index in [1.165, 1.54) is 0 Å². The molecule has 17 heavy (non-hydrogen) atoms. The SMILES string of the molecule is Cc1ccnc(SCCCC(C)(C)C(=O)O)n1. The summed E-state index contributed by atoms with van der Waals surface area (Å²) in [6.45, 7) is 5.44. The molecule has 0 radical (unpaired) electrons. The lowest BCUT2D eigenvalue weighted by molar-refractivity contribution is -0.147. The van der Waals surface area contributed by atoms with E-state index in [2.05, 4.69) is 9.97 Å². The van der Waals surface area contributed by atoms with Gasteiger partial charge in [0.25, 0.3) is 0 Å². The number of carbonyl (C=O) groups is 1. The van der Waals surface area contributed by atoms with Crippen LogP contribution in [0.4, 0.5) is 0 Å². The summed E-state index contributed by atoms with van der Waals surface area (Å²) in [6, 6.07) is 1.86. The summed E-state index contributed by atoms with van der Waals surface area (Å²) in [5.41, 5.74) is 0.307. The number of aryl methyl sites for hydroxylation is 1. The van der Waals surface area contributed by atoms with Crippen molar-refractivity contribution in [3.8, 4) is 0 Å². The molecule has 0 amide bonds. The molecule has 0 saturated carbocycles. The Kier molecular flexibility index (Phi) is 4.93. The highest BCUT2D eigenvalue weighted by Gasteiger charge is 2.26. The van der Waals surface area contributed by atoms with Crippen LogP contribution in [0.5, 0.6) is 0 Å². The lowest BCUT2D eigenvalue weighted by Gasteiger charge is -2.18. The van der Waals surface area contributed by atoms with Crippen molar-refractivity contribution in [3.05, 3.63) is 18.0 Å². The zero-order valence-corrected chi connectivity index (χ0v) is 11.3. The van der Waals surface area contributed by atoms with E-state index in [0.29, 0.717) is 6.42 Å². The first kappa shape index (κ1) is 14.0. The Morgan fingerprint density at radius 1 is 1.53 bits per heavy atom. The van der Waals surface area contributed by atoms with E-state index >= 15 is 0 Å². The molecular weight excluding hydrogens is 236 g/mol. The highest BCUT2D eigenvalue weighted by atomic mass is 32.2. The van der Waals surface area contributed by atoms with Crippen molar-refractivity contribution < 1.29 is 9.90 Å². The number of carboxylic acid groups (broad SMARTS) is 1. The Hall–Kier alpha value is -1.10. The molecular formula is C12H18N2O2S. The van der Waals surface area contributed by atoms with Crippen LogP contribution in [0.1, 0.15) is 32.4 Å². The molecule has 4 nitrogen and oxygen atoms in total. The maximum Gasteiger partial charge on any atom is 0.309 e. The molecule has 0 unspecified atom stereocenters. The predicted molar refractivity (Wildman–Crippen MR) is 68.1 cm³/mol. The quantitative estimate of drug-likeness (QED) is 0.480. The first-order valence-corrected chi connectivity index (χ1v) is 6.56. The molecule has 0 spiro atoms. The van der Waals surface area contributed by atoms with Gasteiger partial charge in [-0.2, -0.15) is 0 Å². The fourth-order valence-electron chi connectivity index (χ4n) is 1.28. The Bertz CT molecular complexity index is 394. The molecule has 0 aliphatic carbocycles.